The summed E-state index contributed by atoms with van der Waals surface area (Å²) >= 11 is 0. The van der Waals surface area contributed by atoms with Crippen molar-refractivity contribution in [1.29, 1.82) is 0 Å². The van der Waals surface area contributed by atoms with Gasteiger partial charge >= 0.3 is 0 Å². The van der Waals surface area contributed by atoms with Crippen LogP contribution in [0, 0.1) is 17.6 Å². The molecule has 0 aliphatic heterocycles. The highest BCUT2D eigenvalue weighted by Gasteiger charge is 2.33. The Kier molecular flexibility index (Phi) is 2.59. The third kappa shape index (κ3) is 1.85. The molecular formula is C17H16F2N2. The lowest BCUT2D eigenvalue weighted by Gasteiger charge is -2.35. The monoisotopic (exact) mass is 286 g/mol. The minimum Gasteiger partial charge on any atom is -0.398 e. The van der Waals surface area contributed by atoms with Crippen molar-refractivity contribution in [2.24, 2.45) is 5.92 Å². The Morgan fingerprint density at radius 2 is 2.05 bits per heavy atom. The van der Waals surface area contributed by atoms with Crippen molar-refractivity contribution in [3.63, 3.8) is 0 Å². The lowest BCUT2D eigenvalue weighted by atomic mass is 9.71. The molecule has 2 bridgehead atoms. The first-order valence-electron chi connectivity index (χ1n) is 7.27. The van der Waals surface area contributed by atoms with Crippen LogP contribution in [0.3, 0.4) is 0 Å². The first kappa shape index (κ1) is 12.7. The second kappa shape index (κ2) is 4.26. The molecule has 1 aromatic carbocycles. The largest absolute Gasteiger partial charge is 0.398 e. The summed E-state index contributed by atoms with van der Waals surface area (Å²) in [4.78, 5) is 4.52. The predicted molar refractivity (Wildman–Crippen MR) is 79.0 cm³/mol. The molecule has 0 fully saturated rings. The van der Waals surface area contributed by atoms with Gasteiger partial charge in [-0.3, -0.25) is 4.98 Å². The van der Waals surface area contributed by atoms with Gasteiger partial charge in [0.1, 0.15) is 11.6 Å². The van der Waals surface area contributed by atoms with Crippen molar-refractivity contribution in [2.75, 3.05) is 5.73 Å². The maximum Gasteiger partial charge on any atom is 0.137 e. The van der Waals surface area contributed by atoms with Crippen LogP contribution in [0.4, 0.5) is 14.5 Å². The fraction of sp³-hybridized carbons (Fsp3) is 0.353. The fourth-order valence-corrected chi connectivity index (χ4v) is 4.01. The molecular weight excluding hydrogens is 270 g/mol. The number of anilines is 1. The van der Waals surface area contributed by atoms with Crippen LogP contribution in [0.25, 0.3) is 10.9 Å². The minimum absolute atomic E-state index is 0.265. The van der Waals surface area contributed by atoms with Crippen molar-refractivity contribution in [2.45, 2.75) is 32.1 Å². The zero-order valence-corrected chi connectivity index (χ0v) is 11.8. The molecule has 1 aromatic heterocycles. The summed E-state index contributed by atoms with van der Waals surface area (Å²) in [5, 5.41) is 0.265. The highest BCUT2D eigenvalue weighted by molar-refractivity contribution is 5.93. The van der Waals surface area contributed by atoms with E-state index >= 15 is 0 Å². The van der Waals surface area contributed by atoms with E-state index in [2.05, 4.69) is 18.0 Å². The van der Waals surface area contributed by atoms with Crippen molar-refractivity contribution >= 4 is 16.6 Å². The molecule has 2 N–H and O–H groups in total. The summed E-state index contributed by atoms with van der Waals surface area (Å²) in [6.45, 7) is 2.13. The van der Waals surface area contributed by atoms with Gasteiger partial charge in [-0.1, -0.05) is 11.6 Å². The number of pyridine rings is 1. The molecule has 2 aliphatic carbocycles. The molecule has 4 heteroatoms. The number of hydrogen-bond donors (Lipinski definition) is 1. The zero-order chi connectivity index (χ0) is 14.7. The molecule has 2 nitrogen and oxygen atoms in total. The molecule has 0 unspecified atom stereocenters. The van der Waals surface area contributed by atoms with E-state index in [0.29, 0.717) is 23.0 Å². The summed E-state index contributed by atoms with van der Waals surface area (Å²) < 4.78 is 27.5. The number of allylic oxidation sites excluding steroid dienone is 2. The van der Waals surface area contributed by atoms with E-state index in [9.17, 15) is 8.78 Å². The minimum atomic E-state index is -0.622. The standard InChI is InChI=1S/C17H16F2N2/c1-8-2-9-4-10(3-8)15-13(5-9)21-14-7-11(18)6-12(19)16(14)17(15)20/h2,6-7,9-10H,3-5H2,1H3,(H2,20,21)/t9-,10+/m1/s1. The van der Waals surface area contributed by atoms with E-state index in [1.807, 2.05) is 0 Å². The Hall–Kier alpha value is -1.97. The molecule has 0 radical (unpaired) electrons. The third-order valence-electron chi connectivity index (χ3n) is 4.70. The molecule has 2 aromatic rings. The van der Waals surface area contributed by atoms with E-state index in [1.54, 1.807) is 0 Å². The Balaban J connectivity index is 2.01. The molecule has 0 saturated heterocycles. The Bertz CT molecular complexity index is 795. The van der Waals surface area contributed by atoms with E-state index in [4.69, 9.17) is 5.73 Å². The van der Waals surface area contributed by atoms with Crippen LogP contribution in [-0.2, 0) is 6.42 Å². The van der Waals surface area contributed by atoms with Gasteiger partial charge in [0.15, 0.2) is 0 Å². The number of nitrogen functional groups attached to an aromatic ring is 1. The Morgan fingerprint density at radius 3 is 2.86 bits per heavy atom. The van der Waals surface area contributed by atoms with Gasteiger partial charge < -0.3 is 5.73 Å². The van der Waals surface area contributed by atoms with Gasteiger partial charge in [0.05, 0.1) is 10.9 Å². The summed E-state index contributed by atoms with van der Waals surface area (Å²) in [5.41, 5.74) is 10.3. The summed E-state index contributed by atoms with van der Waals surface area (Å²) in [5.74, 6) is -0.453. The van der Waals surface area contributed by atoms with Crippen LogP contribution >= 0.6 is 0 Å². The quantitative estimate of drug-likeness (QED) is 0.741. The number of nitrogens with two attached hydrogens (primary N) is 1. The van der Waals surface area contributed by atoms with Crippen LogP contribution in [0.1, 0.15) is 36.9 Å². The maximum absolute atomic E-state index is 14.1. The number of benzene rings is 1. The smallest absolute Gasteiger partial charge is 0.137 e. The molecule has 108 valence electrons. The molecule has 0 spiro atoms. The van der Waals surface area contributed by atoms with Gasteiger partial charge in [0.2, 0.25) is 0 Å². The van der Waals surface area contributed by atoms with E-state index in [1.165, 1.54) is 11.6 Å². The summed E-state index contributed by atoms with van der Waals surface area (Å²) in [6.07, 6.45) is 5.10. The fourth-order valence-electron chi connectivity index (χ4n) is 4.01. The summed E-state index contributed by atoms with van der Waals surface area (Å²) in [7, 11) is 0. The Morgan fingerprint density at radius 1 is 1.24 bits per heavy atom. The van der Waals surface area contributed by atoms with Crippen LogP contribution < -0.4 is 5.73 Å². The van der Waals surface area contributed by atoms with Crippen molar-refractivity contribution in [3.8, 4) is 0 Å². The average Bonchev–Trinajstić information content (AvgIpc) is 2.35. The number of rotatable bonds is 0. The van der Waals surface area contributed by atoms with Crippen molar-refractivity contribution in [3.05, 3.63) is 46.7 Å². The first-order valence-corrected chi connectivity index (χ1v) is 7.27. The normalized spacial score (nSPS) is 23.9. The predicted octanol–water partition coefficient (Wildman–Crippen LogP) is 4.09. The molecule has 1 heterocycles. The lowest BCUT2D eigenvalue weighted by Crippen LogP contribution is -2.24. The second-order valence-electron chi connectivity index (χ2n) is 6.28. The molecule has 2 atom stereocenters. The van der Waals surface area contributed by atoms with Gasteiger partial charge in [0.25, 0.3) is 0 Å². The molecule has 0 saturated carbocycles. The number of fused-ring (bicyclic) bond motifs is 5. The van der Waals surface area contributed by atoms with Crippen LogP contribution in [0.5, 0.6) is 0 Å². The van der Waals surface area contributed by atoms with Crippen LogP contribution in [0.15, 0.2) is 23.8 Å². The average molecular weight is 286 g/mol. The lowest BCUT2D eigenvalue weighted by molar-refractivity contribution is 0.433. The third-order valence-corrected chi connectivity index (χ3v) is 4.70. The van der Waals surface area contributed by atoms with Crippen molar-refractivity contribution < 1.29 is 8.78 Å². The van der Waals surface area contributed by atoms with Gasteiger partial charge in [-0.15, -0.1) is 0 Å². The van der Waals surface area contributed by atoms with E-state index in [0.717, 1.165) is 36.6 Å². The number of nitrogens with zero attached hydrogens (tertiary/aromatic N) is 1. The highest BCUT2D eigenvalue weighted by Crippen LogP contribution is 2.46. The molecule has 21 heavy (non-hydrogen) atoms. The van der Waals surface area contributed by atoms with Gasteiger partial charge in [0, 0.05) is 29.1 Å². The van der Waals surface area contributed by atoms with Gasteiger partial charge in [-0.2, -0.15) is 0 Å². The SMILES string of the molecule is CC1=C[C@H]2Cc3nc4cc(F)cc(F)c4c(N)c3[C@@H](C1)C2. The molecule has 0 amide bonds. The molecule has 2 aliphatic rings. The van der Waals surface area contributed by atoms with Crippen molar-refractivity contribution in [1.82, 2.24) is 4.98 Å². The zero-order valence-electron chi connectivity index (χ0n) is 11.8. The summed E-state index contributed by atoms with van der Waals surface area (Å²) in [6, 6.07) is 2.14. The van der Waals surface area contributed by atoms with E-state index < -0.39 is 11.6 Å². The van der Waals surface area contributed by atoms with Crippen LogP contribution in [0.2, 0.25) is 0 Å². The maximum atomic E-state index is 14.1. The topological polar surface area (TPSA) is 38.9 Å². The number of hydrogen-bond acceptors (Lipinski definition) is 2. The van der Waals surface area contributed by atoms with E-state index in [-0.39, 0.29) is 5.39 Å². The number of aromatic nitrogens is 1. The van der Waals surface area contributed by atoms with Gasteiger partial charge in [-0.05, 0) is 38.0 Å². The highest BCUT2D eigenvalue weighted by atomic mass is 19.1. The number of halogens is 2. The van der Waals surface area contributed by atoms with Gasteiger partial charge in [-0.25, -0.2) is 8.78 Å². The first-order chi connectivity index (χ1) is 10.0. The second-order valence-corrected chi connectivity index (χ2v) is 6.28. The molecule has 4 rings (SSSR count). The Labute approximate surface area is 121 Å². The van der Waals surface area contributed by atoms with Crippen LogP contribution in [-0.4, -0.2) is 4.98 Å².